The van der Waals surface area contributed by atoms with E-state index >= 15 is 0 Å². The third-order valence-electron chi connectivity index (χ3n) is 10.0. The van der Waals surface area contributed by atoms with E-state index in [0.29, 0.717) is 5.92 Å². The van der Waals surface area contributed by atoms with Crippen molar-refractivity contribution < 1.29 is 0 Å². The summed E-state index contributed by atoms with van der Waals surface area (Å²) >= 11 is 1.94. The van der Waals surface area contributed by atoms with Gasteiger partial charge in [-0.3, -0.25) is 0 Å². The Labute approximate surface area is 265 Å². The molecule has 0 nitrogen and oxygen atoms in total. The van der Waals surface area contributed by atoms with Crippen LogP contribution in [0.4, 0.5) is 0 Å². The predicted molar refractivity (Wildman–Crippen MR) is 197 cm³/mol. The molecule has 1 aliphatic rings. The molecule has 1 atom stereocenters. The molecule has 0 aliphatic heterocycles. The van der Waals surface area contributed by atoms with Gasteiger partial charge in [0.05, 0.1) is 0 Å². The highest BCUT2D eigenvalue weighted by molar-refractivity contribution is 7.27. The molecule has 210 valence electrons. The van der Waals surface area contributed by atoms with Gasteiger partial charge in [-0.15, -0.1) is 11.3 Å². The number of thiophene rings is 1. The van der Waals surface area contributed by atoms with Crippen molar-refractivity contribution in [2.24, 2.45) is 0 Å². The first-order chi connectivity index (χ1) is 22.3. The predicted octanol–water partition coefficient (Wildman–Crippen LogP) is 12.7. The van der Waals surface area contributed by atoms with Gasteiger partial charge < -0.3 is 0 Å². The van der Waals surface area contributed by atoms with Gasteiger partial charge in [-0.05, 0) is 71.9 Å². The van der Waals surface area contributed by atoms with Gasteiger partial charge in [0.1, 0.15) is 0 Å². The van der Waals surface area contributed by atoms with E-state index in [2.05, 4.69) is 152 Å². The summed E-state index contributed by atoms with van der Waals surface area (Å²) in [6.07, 6.45) is 5.81. The zero-order chi connectivity index (χ0) is 29.5. The Hall–Kier alpha value is -5.24. The van der Waals surface area contributed by atoms with Gasteiger partial charge in [0.15, 0.2) is 0 Å². The molecule has 0 amide bonds. The van der Waals surface area contributed by atoms with Crippen molar-refractivity contribution in [2.75, 3.05) is 0 Å². The van der Waals surface area contributed by atoms with E-state index in [1.54, 1.807) is 0 Å². The van der Waals surface area contributed by atoms with Gasteiger partial charge >= 0.3 is 0 Å². The van der Waals surface area contributed by atoms with Gasteiger partial charge in [0.25, 0.3) is 0 Å². The number of fused-ring (bicyclic) bond motifs is 14. The van der Waals surface area contributed by atoms with Crippen molar-refractivity contribution >= 4 is 80.7 Å². The number of hydrogen-bond acceptors (Lipinski definition) is 1. The lowest BCUT2D eigenvalue weighted by molar-refractivity contribution is 0.834. The zero-order valence-electron chi connectivity index (χ0n) is 24.6. The maximum absolute atomic E-state index is 2.42. The molecule has 1 heterocycles. The molecule has 45 heavy (non-hydrogen) atoms. The molecule has 1 aliphatic carbocycles. The van der Waals surface area contributed by atoms with Crippen molar-refractivity contribution in [3.63, 3.8) is 0 Å². The van der Waals surface area contributed by atoms with Crippen LogP contribution >= 0.6 is 11.3 Å². The highest BCUT2D eigenvalue weighted by atomic mass is 32.1. The molecule has 0 spiro atoms. The molecular weight excluding hydrogens is 561 g/mol. The average Bonchev–Trinajstić information content (AvgIpc) is 3.52. The van der Waals surface area contributed by atoms with Crippen LogP contribution < -0.4 is 0 Å². The van der Waals surface area contributed by atoms with Gasteiger partial charge in [0, 0.05) is 31.5 Å². The minimum atomic E-state index is 0.356. The van der Waals surface area contributed by atoms with Crippen molar-refractivity contribution in [1.82, 2.24) is 0 Å². The van der Waals surface area contributed by atoms with Crippen molar-refractivity contribution in [2.45, 2.75) is 12.3 Å². The molecule has 10 rings (SSSR count). The molecule has 0 saturated carbocycles. The quantitative estimate of drug-likeness (QED) is 0.176. The summed E-state index contributed by atoms with van der Waals surface area (Å²) in [5.41, 5.74) is 6.82. The summed E-state index contributed by atoms with van der Waals surface area (Å²) in [6.45, 7) is 0. The van der Waals surface area contributed by atoms with Crippen LogP contribution in [0.2, 0.25) is 0 Å². The average molecular weight is 589 g/mol. The van der Waals surface area contributed by atoms with Gasteiger partial charge in [-0.2, -0.15) is 0 Å². The van der Waals surface area contributed by atoms with E-state index in [1.165, 1.54) is 91.1 Å². The molecule has 9 aromatic rings. The van der Waals surface area contributed by atoms with Crippen LogP contribution in [-0.4, -0.2) is 0 Å². The Bertz CT molecular complexity index is 2670. The molecular formula is C44H28S. The summed E-state index contributed by atoms with van der Waals surface area (Å²) in [7, 11) is 0. The van der Waals surface area contributed by atoms with Gasteiger partial charge in [-0.1, -0.05) is 152 Å². The van der Waals surface area contributed by atoms with E-state index in [4.69, 9.17) is 0 Å². The van der Waals surface area contributed by atoms with Crippen LogP contribution in [0.3, 0.4) is 0 Å². The Morgan fingerprint density at radius 3 is 1.73 bits per heavy atom. The molecule has 1 aromatic heterocycles. The number of rotatable bonds is 2. The van der Waals surface area contributed by atoms with Gasteiger partial charge in [0.2, 0.25) is 0 Å². The standard InChI is InChI=1S/C44H28S/c1-2-12-33-31(10-1)32-11-3-4-15-36(32)41-26-29(24-25-37(33)41)27-20-22-28(23-21-27)30-18-9-19-40-42-38-16-7-5-13-34(38)35-14-6-8-17-39(35)44(42)45-43(30)40/h1-25,29H,26H2. The lowest BCUT2D eigenvalue weighted by Crippen LogP contribution is -2.07. The summed E-state index contributed by atoms with van der Waals surface area (Å²) in [5, 5.41) is 13.5. The molecule has 0 radical (unpaired) electrons. The topological polar surface area (TPSA) is 0 Å². The van der Waals surface area contributed by atoms with Crippen LogP contribution in [-0.2, 0) is 6.42 Å². The van der Waals surface area contributed by atoms with Crippen LogP contribution in [0, 0.1) is 0 Å². The molecule has 8 aromatic carbocycles. The number of hydrogen-bond donors (Lipinski definition) is 0. The monoisotopic (exact) mass is 588 g/mol. The van der Waals surface area contributed by atoms with Crippen molar-refractivity contribution in [1.29, 1.82) is 0 Å². The fraction of sp³-hybridized carbons (Fsp3) is 0.0455. The molecule has 0 fully saturated rings. The largest absolute Gasteiger partial charge is 0.134 e. The first-order valence-electron chi connectivity index (χ1n) is 15.8. The number of allylic oxidation sites excluding steroid dienone is 1. The Balaban J connectivity index is 1.09. The molecule has 0 N–H and O–H groups in total. The SMILES string of the molecule is C1=CC(c2ccc(-c3cccc4c3sc3c5ccccc5c5ccccc5c43)cc2)Cc2c1c1ccccc1c1ccccc21. The minimum Gasteiger partial charge on any atom is -0.134 e. The first-order valence-corrected chi connectivity index (χ1v) is 16.6. The molecule has 0 bridgehead atoms. The Morgan fingerprint density at radius 2 is 1.00 bits per heavy atom. The van der Waals surface area contributed by atoms with E-state index in [-0.39, 0.29) is 0 Å². The lowest BCUT2D eigenvalue weighted by Gasteiger charge is -2.24. The summed E-state index contributed by atoms with van der Waals surface area (Å²) < 4.78 is 2.75. The second-order valence-corrected chi connectivity index (χ2v) is 13.4. The third kappa shape index (κ3) is 3.65. The number of benzene rings is 8. The highest BCUT2D eigenvalue weighted by Crippen LogP contribution is 2.47. The van der Waals surface area contributed by atoms with E-state index in [1.807, 2.05) is 11.3 Å². The van der Waals surface area contributed by atoms with Crippen LogP contribution in [0.15, 0.2) is 146 Å². The molecule has 1 heteroatoms. The highest BCUT2D eigenvalue weighted by Gasteiger charge is 2.21. The third-order valence-corrected chi connectivity index (χ3v) is 11.3. The normalized spacial score (nSPS) is 14.7. The zero-order valence-corrected chi connectivity index (χ0v) is 25.4. The maximum Gasteiger partial charge on any atom is 0.0440 e. The van der Waals surface area contributed by atoms with E-state index in [9.17, 15) is 0 Å². The molecule has 0 saturated heterocycles. The summed E-state index contributed by atoms with van der Waals surface area (Å²) in [5.74, 6) is 0.356. The fourth-order valence-electron chi connectivity index (χ4n) is 7.95. The lowest BCUT2D eigenvalue weighted by atomic mass is 9.80. The van der Waals surface area contributed by atoms with Gasteiger partial charge in [-0.25, -0.2) is 0 Å². The smallest absolute Gasteiger partial charge is 0.0440 e. The van der Waals surface area contributed by atoms with Crippen molar-refractivity contribution in [3.8, 4) is 11.1 Å². The Morgan fingerprint density at radius 1 is 0.444 bits per heavy atom. The fourth-order valence-corrected chi connectivity index (χ4v) is 9.34. The molecule has 1 unspecified atom stereocenters. The second-order valence-electron chi connectivity index (χ2n) is 12.4. The van der Waals surface area contributed by atoms with Crippen LogP contribution in [0.5, 0.6) is 0 Å². The maximum atomic E-state index is 2.42. The second kappa shape index (κ2) is 9.63. The van der Waals surface area contributed by atoms with E-state index in [0.717, 1.165) is 6.42 Å². The Kier molecular flexibility index (Phi) is 5.38. The van der Waals surface area contributed by atoms with Crippen molar-refractivity contribution in [3.05, 3.63) is 162 Å². The van der Waals surface area contributed by atoms with E-state index < -0.39 is 0 Å². The first kappa shape index (κ1) is 25.1. The van der Waals surface area contributed by atoms with Crippen LogP contribution in [0.1, 0.15) is 22.6 Å². The minimum absolute atomic E-state index is 0.356. The van der Waals surface area contributed by atoms with Crippen LogP contribution in [0.25, 0.3) is 80.5 Å². The summed E-state index contributed by atoms with van der Waals surface area (Å²) in [4.78, 5) is 0. The summed E-state index contributed by atoms with van der Waals surface area (Å²) in [6, 6.07) is 51.8.